The van der Waals surface area contributed by atoms with Crippen molar-refractivity contribution in [2.45, 2.75) is 0 Å². The van der Waals surface area contributed by atoms with E-state index in [1.165, 1.54) is 30.5 Å². The second-order valence-electron chi connectivity index (χ2n) is 4.93. The summed E-state index contributed by atoms with van der Waals surface area (Å²) in [5.41, 5.74) is 4.02. The fourth-order valence-electron chi connectivity index (χ4n) is 2.11. The summed E-state index contributed by atoms with van der Waals surface area (Å²) in [7, 11) is 0. The van der Waals surface area contributed by atoms with Crippen LogP contribution >= 0.6 is 0 Å². The summed E-state index contributed by atoms with van der Waals surface area (Å²) < 4.78 is 0. The maximum atomic E-state index is 11.9. The molecular formula is C17H12N4O3. The van der Waals surface area contributed by atoms with E-state index in [0.29, 0.717) is 5.69 Å². The molecule has 0 saturated carbocycles. The molecule has 0 saturated heterocycles. The van der Waals surface area contributed by atoms with Crippen molar-refractivity contribution in [1.29, 1.82) is 0 Å². The molecule has 3 rings (SSSR count). The maximum Gasteiger partial charge on any atom is 0.271 e. The first-order chi connectivity index (χ1) is 11.6. The first-order valence-electron chi connectivity index (χ1n) is 7.07. The van der Waals surface area contributed by atoms with Gasteiger partial charge in [-0.3, -0.25) is 14.9 Å². The lowest BCUT2D eigenvalue weighted by Gasteiger charge is -2.00. The van der Waals surface area contributed by atoms with Crippen LogP contribution in [0.4, 0.5) is 5.69 Å². The Morgan fingerprint density at radius 2 is 1.83 bits per heavy atom. The standard InChI is InChI=1S/C17H12N4O3/c22-17(13-6-9-15(10-7-13)21(23)24)20-18-11-14-8-5-12-3-1-2-4-16(12)19-14/h1-11H,(H,20,22). The number of nitro groups is 1. The monoisotopic (exact) mass is 320 g/mol. The number of nitro benzene ring substituents is 1. The molecule has 1 N–H and O–H groups in total. The van der Waals surface area contributed by atoms with Crippen LogP contribution in [0.3, 0.4) is 0 Å². The molecule has 1 aromatic heterocycles. The van der Waals surface area contributed by atoms with Gasteiger partial charge < -0.3 is 0 Å². The van der Waals surface area contributed by atoms with E-state index in [-0.39, 0.29) is 11.3 Å². The van der Waals surface area contributed by atoms with Gasteiger partial charge in [-0.2, -0.15) is 5.10 Å². The number of hydrogen-bond donors (Lipinski definition) is 1. The molecule has 0 bridgehead atoms. The van der Waals surface area contributed by atoms with E-state index in [9.17, 15) is 14.9 Å². The van der Waals surface area contributed by atoms with Crippen molar-refractivity contribution in [1.82, 2.24) is 10.4 Å². The minimum Gasteiger partial charge on any atom is -0.267 e. The smallest absolute Gasteiger partial charge is 0.267 e. The van der Waals surface area contributed by atoms with Crippen LogP contribution in [0.2, 0.25) is 0 Å². The highest BCUT2D eigenvalue weighted by molar-refractivity contribution is 5.95. The third-order valence-electron chi connectivity index (χ3n) is 3.32. The number of aromatic nitrogens is 1. The Bertz CT molecular complexity index is 936. The Kier molecular flexibility index (Phi) is 4.24. The van der Waals surface area contributed by atoms with Crippen molar-refractivity contribution < 1.29 is 9.72 Å². The van der Waals surface area contributed by atoms with Gasteiger partial charge in [0.2, 0.25) is 0 Å². The van der Waals surface area contributed by atoms with Crippen LogP contribution in [-0.2, 0) is 0 Å². The molecule has 3 aromatic rings. The molecule has 1 heterocycles. The number of nitrogens with zero attached hydrogens (tertiary/aromatic N) is 3. The average molecular weight is 320 g/mol. The first-order valence-corrected chi connectivity index (χ1v) is 7.07. The zero-order valence-corrected chi connectivity index (χ0v) is 12.4. The van der Waals surface area contributed by atoms with Crippen LogP contribution in [-0.4, -0.2) is 22.0 Å². The maximum absolute atomic E-state index is 11.9. The summed E-state index contributed by atoms with van der Waals surface area (Å²) in [5.74, 6) is -0.457. The highest BCUT2D eigenvalue weighted by Crippen LogP contribution is 2.12. The first kappa shape index (κ1) is 15.3. The van der Waals surface area contributed by atoms with Gasteiger partial charge in [-0.05, 0) is 24.3 Å². The van der Waals surface area contributed by atoms with Crippen LogP contribution < -0.4 is 5.43 Å². The molecule has 0 radical (unpaired) electrons. The summed E-state index contributed by atoms with van der Waals surface area (Å²) >= 11 is 0. The summed E-state index contributed by atoms with van der Waals surface area (Å²) in [4.78, 5) is 26.4. The van der Waals surface area contributed by atoms with Crippen molar-refractivity contribution in [2.24, 2.45) is 5.10 Å². The van der Waals surface area contributed by atoms with E-state index in [2.05, 4.69) is 15.5 Å². The topological polar surface area (TPSA) is 97.5 Å². The lowest BCUT2D eigenvalue weighted by atomic mass is 10.2. The number of rotatable bonds is 4. The van der Waals surface area contributed by atoms with Crippen molar-refractivity contribution in [3.63, 3.8) is 0 Å². The molecule has 1 amide bonds. The number of non-ortho nitro benzene ring substituents is 1. The van der Waals surface area contributed by atoms with E-state index in [0.717, 1.165) is 10.9 Å². The van der Waals surface area contributed by atoms with Crippen LogP contribution in [0.15, 0.2) is 65.8 Å². The Morgan fingerprint density at radius 1 is 1.08 bits per heavy atom. The van der Waals surface area contributed by atoms with Crippen molar-refractivity contribution in [3.8, 4) is 0 Å². The van der Waals surface area contributed by atoms with E-state index < -0.39 is 10.8 Å². The van der Waals surface area contributed by atoms with Gasteiger partial charge in [0.15, 0.2) is 0 Å². The van der Waals surface area contributed by atoms with Gasteiger partial charge in [-0.15, -0.1) is 0 Å². The zero-order valence-electron chi connectivity index (χ0n) is 12.4. The Balaban J connectivity index is 1.68. The number of carbonyl (C=O) groups excluding carboxylic acids is 1. The van der Waals surface area contributed by atoms with E-state index in [4.69, 9.17) is 0 Å². The molecule has 0 aliphatic carbocycles. The quantitative estimate of drug-likeness (QED) is 0.454. The molecule has 0 spiro atoms. The number of hydrazone groups is 1. The third kappa shape index (κ3) is 3.41. The van der Waals surface area contributed by atoms with Crippen molar-refractivity contribution in [2.75, 3.05) is 0 Å². The molecule has 0 fully saturated rings. The molecule has 7 heteroatoms. The molecule has 0 aliphatic rings. The van der Waals surface area contributed by atoms with Gasteiger partial charge in [-0.25, -0.2) is 10.4 Å². The fraction of sp³-hybridized carbons (Fsp3) is 0. The molecule has 0 unspecified atom stereocenters. The molecule has 7 nitrogen and oxygen atoms in total. The summed E-state index contributed by atoms with van der Waals surface area (Å²) in [6.45, 7) is 0. The number of amides is 1. The number of benzene rings is 2. The van der Waals surface area contributed by atoms with E-state index in [1.807, 2.05) is 30.3 Å². The number of hydrogen-bond acceptors (Lipinski definition) is 5. The number of para-hydroxylation sites is 1. The zero-order chi connectivity index (χ0) is 16.9. The summed E-state index contributed by atoms with van der Waals surface area (Å²) in [5, 5.41) is 15.5. The normalized spacial score (nSPS) is 10.8. The predicted molar refractivity (Wildman–Crippen MR) is 89.9 cm³/mol. The highest BCUT2D eigenvalue weighted by Gasteiger charge is 2.08. The lowest BCUT2D eigenvalue weighted by Crippen LogP contribution is -2.17. The van der Waals surface area contributed by atoms with E-state index >= 15 is 0 Å². The van der Waals surface area contributed by atoms with Gasteiger partial charge in [0.05, 0.1) is 22.3 Å². The third-order valence-corrected chi connectivity index (χ3v) is 3.32. The van der Waals surface area contributed by atoms with Gasteiger partial charge in [0.25, 0.3) is 11.6 Å². The Morgan fingerprint density at radius 3 is 2.58 bits per heavy atom. The average Bonchev–Trinajstić information content (AvgIpc) is 2.61. The SMILES string of the molecule is O=C(NN=Cc1ccc2ccccc2n1)c1ccc([N+](=O)[O-])cc1. The fourth-order valence-corrected chi connectivity index (χ4v) is 2.11. The molecule has 0 atom stereocenters. The minimum absolute atomic E-state index is 0.0737. The molecular weight excluding hydrogens is 308 g/mol. The van der Waals surface area contributed by atoms with E-state index in [1.54, 1.807) is 6.07 Å². The van der Waals surface area contributed by atoms with Gasteiger partial charge in [0, 0.05) is 23.1 Å². The number of fused-ring (bicyclic) bond motifs is 1. The van der Waals surface area contributed by atoms with Crippen molar-refractivity contribution >= 4 is 28.7 Å². The number of nitrogens with one attached hydrogen (secondary N) is 1. The predicted octanol–water partition coefficient (Wildman–Crippen LogP) is 2.91. The van der Waals surface area contributed by atoms with Gasteiger partial charge in [-0.1, -0.05) is 24.3 Å². The molecule has 24 heavy (non-hydrogen) atoms. The second-order valence-corrected chi connectivity index (χ2v) is 4.93. The Hall–Kier alpha value is -3.61. The van der Waals surface area contributed by atoms with Gasteiger partial charge >= 0.3 is 0 Å². The molecule has 118 valence electrons. The number of carbonyl (C=O) groups is 1. The van der Waals surface area contributed by atoms with Crippen LogP contribution in [0.5, 0.6) is 0 Å². The van der Waals surface area contributed by atoms with Gasteiger partial charge in [0.1, 0.15) is 0 Å². The largest absolute Gasteiger partial charge is 0.271 e. The molecule has 0 aliphatic heterocycles. The minimum atomic E-state index is -0.523. The lowest BCUT2D eigenvalue weighted by molar-refractivity contribution is -0.384. The highest BCUT2D eigenvalue weighted by atomic mass is 16.6. The molecule has 2 aromatic carbocycles. The number of pyridine rings is 1. The van der Waals surface area contributed by atoms with Crippen LogP contribution in [0, 0.1) is 10.1 Å². The summed E-state index contributed by atoms with van der Waals surface area (Å²) in [6.07, 6.45) is 1.44. The Labute approximate surface area is 136 Å². The van der Waals surface area contributed by atoms with Crippen LogP contribution in [0.25, 0.3) is 10.9 Å². The summed E-state index contributed by atoms with van der Waals surface area (Å²) in [6, 6.07) is 16.7. The van der Waals surface area contributed by atoms with Crippen molar-refractivity contribution in [3.05, 3.63) is 82.0 Å². The second kappa shape index (κ2) is 6.66. The van der Waals surface area contributed by atoms with Crippen LogP contribution in [0.1, 0.15) is 16.1 Å².